The van der Waals surface area contributed by atoms with Crippen LogP contribution in [0.4, 0.5) is 0 Å². The van der Waals surface area contributed by atoms with Gasteiger partial charge in [0.1, 0.15) is 12.4 Å². The standard InChI is InChI=1S/C17H23NOS/c1-4-7-18-11-16-5-6-17(20-16)12-19-15-9-13(2)8-14(3)10-15/h5-6,8-10,18H,4,7,11-12H2,1-3H3. The van der Waals surface area contributed by atoms with Crippen LogP contribution in [0.15, 0.2) is 30.3 Å². The molecule has 0 aliphatic rings. The Morgan fingerprint density at radius 2 is 1.75 bits per heavy atom. The molecular weight excluding hydrogens is 266 g/mol. The third-order valence-electron chi connectivity index (χ3n) is 3.02. The van der Waals surface area contributed by atoms with Crippen LogP contribution in [0.5, 0.6) is 5.75 Å². The molecule has 0 spiro atoms. The molecule has 0 fully saturated rings. The number of benzene rings is 1. The molecule has 0 amide bonds. The summed E-state index contributed by atoms with van der Waals surface area (Å²) in [5.74, 6) is 0.960. The summed E-state index contributed by atoms with van der Waals surface area (Å²) in [6.45, 7) is 9.07. The van der Waals surface area contributed by atoms with Crippen molar-refractivity contribution in [2.75, 3.05) is 6.54 Å². The third kappa shape index (κ3) is 4.66. The van der Waals surface area contributed by atoms with E-state index in [1.54, 1.807) is 0 Å². The lowest BCUT2D eigenvalue weighted by molar-refractivity contribution is 0.309. The first-order chi connectivity index (χ1) is 9.67. The van der Waals surface area contributed by atoms with Crippen molar-refractivity contribution in [1.29, 1.82) is 0 Å². The molecule has 1 heterocycles. The van der Waals surface area contributed by atoms with Gasteiger partial charge in [0.2, 0.25) is 0 Å². The van der Waals surface area contributed by atoms with E-state index in [9.17, 15) is 0 Å². The van der Waals surface area contributed by atoms with E-state index in [-0.39, 0.29) is 0 Å². The van der Waals surface area contributed by atoms with Crippen LogP contribution in [-0.4, -0.2) is 6.54 Å². The van der Waals surface area contributed by atoms with Crippen molar-refractivity contribution in [3.8, 4) is 5.75 Å². The van der Waals surface area contributed by atoms with E-state index in [2.05, 4.69) is 56.4 Å². The van der Waals surface area contributed by atoms with Gasteiger partial charge in [-0.25, -0.2) is 0 Å². The van der Waals surface area contributed by atoms with E-state index in [4.69, 9.17) is 4.74 Å². The van der Waals surface area contributed by atoms with Gasteiger partial charge in [-0.2, -0.15) is 0 Å². The zero-order valence-corrected chi connectivity index (χ0v) is 13.3. The lowest BCUT2D eigenvalue weighted by atomic mass is 10.1. The van der Waals surface area contributed by atoms with Crippen LogP contribution in [-0.2, 0) is 13.2 Å². The van der Waals surface area contributed by atoms with Crippen molar-refractivity contribution in [2.45, 2.75) is 40.3 Å². The first-order valence-electron chi connectivity index (χ1n) is 7.17. The maximum absolute atomic E-state index is 5.88. The van der Waals surface area contributed by atoms with Gasteiger partial charge in [-0.05, 0) is 62.2 Å². The molecule has 0 aliphatic heterocycles. The molecule has 0 saturated heterocycles. The second kappa shape index (κ2) is 7.46. The number of hydrogen-bond acceptors (Lipinski definition) is 3. The highest BCUT2D eigenvalue weighted by Crippen LogP contribution is 2.21. The number of aryl methyl sites for hydroxylation is 2. The number of rotatable bonds is 7. The minimum atomic E-state index is 0.654. The summed E-state index contributed by atoms with van der Waals surface area (Å²) < 4.78 is 5.88. The fourth-order valence-electron chi connectivity index (χ4n) is 2.15. The molecule has 0 bridgehead atoms. The molecule has 2 rings (SSSR count). The fourth-order valence-corrected chi connectivity index (χ4v) is 3.05. The summed E-state index contributed by atoms with van der Waals surface area (Å²) in [4.78, 5) is 2.65. The van der Waals surface area contributed by atoms with Crippen molar-refractivity contribution in [2.24, 2.45) is 0 Å². The Bertz CT molecular complexity index is 527. The predicted molar refractivity (Wildman–Crippen MR) is 86.6 cm³/mol. The van der Waals surface area contributed by atoms with Crippen LogP contribution < -0.4 is 10.1 Å². The van der Waals surface area contributed by atoms with Gasteiger partial charge in [-0.15, -0.1) is 11.3 Å². The Balaban J connectivity index is 1.87. The summed E-state index contributed by atoms with van der Waals surface area (Å²) in [5, 5.41) is 3.42. The lowest BCUT2D eigenvalue weighted by Gasteiger charge is -2.07. The maximum Gasteiger partial charge on any atom is 0.122 e. The minimum absolute atomic E-state index is 0.654. The van der Waals surface area contributed by atoms with E-state index in [1.165, 1.54) is 27.3 Å². The van der Waals surface area contributed by atoms with Gasteiger partial charge in [-0.3, -0.25) is 0 Å². The average Bonchev–Trinajstić information content (AvgIpc) is 2.84. The van der Waals surface area contributed by atoms with Gasteiger partial charge in [0.05, 0.1) is 0 Å². The van der Waals surface area contributed by atoms with Gasteiger partial charge in [0.25, 0.3) is 0 Å². The Morgan fingerprint density at radius 3 is 2.45 bits per heavy atom. The van der Waals surface area contributed by atoms with Gasteiger partial charge < -0.3 is 10.1 Å². The summed E-state index contributed by atoms with van der Waals surface area (Å²) in [5.41, 5.74) is 2.49. The molecule has 0 atom stereocenters. The van der Waals surface area contributed by atoms with Crippen molar-refractivity contribution in [3.63, 3.8) is 0 Å². The predicted octanol–water partition coefficient (Wildman–Crippen LogP) is 4.44. The minimum Gasteiger partial charge on any atom is -0.488 e. The molecule has 0 aliphatic carbocycles. The third-order valence-corrected chi connectivity index (χ3v) is 4.08. The van der Waals surface area contributed by atoms with Gasteiger partial charge >= 0.3 is 0 Å². The molecule has 1 aromatic carbocycles. The maximum atomic E-state index is 5.88. The van der Waals surface area contributed by atoms with Crippen molar-refractivity contribution in [1.82, 2.24) is 5.32 Å². The Kier molecular flexibility index (Phi) is 5.62. The highest BCUT2D eigenvalue weighted by Gasteiger charge is 2.02. The zero-order chi connectivity index (χ0) is 14.4. The second-order valence-electron chi connectivity index (χ2n) is 5.16. The molecule has 3 heteroatoms. The number of ether oxygens (including phenoxy) is 1. The molecule has 0 radical (unpaired) electrons. The molecule has 0 saturated carbocycles. The lowest BCUT2D eigenvalue weighted by Crippen LogP contribution is -2.12. The number of hydrogen-bond donors (Lipinski definition) is 1. The van der Waals surface area contributed by atoms with Crippen LogP contribution in [0.25, 0.3) is 0 Å². The second-order valence-corrected chi connectivity index (χ2v) is 6.41. The number of nitrogens with one attached hydrogen (secondary N) is 1. The molecule has 0 unspecified atom stereocenters. The van der Waals surface area contributed by atoms with Crippen LogP contribution in [0.3, 0.4) is 0 Å². The monoisotopic (exact) mass is 289 g/mol. The summed E-state index contributed by atoms with van der Waals surface area (Å²) in [7, 11) is 0. The zero-order valence-electron chi connectivity index (χ0n) is 12.5. The van der Waals surface area contributed by atoms with Crippen molar-refractivity contribution >= 4 is 11.3 Å². The topological polar surface area (TPSA) is 21.3 Å². The molecule has 1 N–H and O–H groups in total. The summed E-state index contributed by atoms with van der Waals surface area (Å²) >= 11 is 1.82. The average molecular weight is 289 g/mol. The highest BCUT2D eigenvalue weighted by atomic mass is 32.1. The van der Waals surface area contributed by atoms with Crippen LogP contribution in [0.1, 0.15) is 34.2 Å². The summed E-state index contributed by atoms with van der Waals surface area (Å²) in [6, 6.07) is 10.7. The highest BCUT2D eigenvalue weighted by molar-refractivity contribution is 7.11. The van der Waals surface area contributed by atoms with E-state index >= 15 is 0 Å². The van der Waals surface area contributed by atoms with Crippen molar-refractivity contribution < 1.29 is 4.74 Å². The Hall–Kier alpha value is -1.32. The van der Waals surface area contributed by atoms with Crippen LogP contribution >= 0.6 is 11.3 Å². The summed E-state index contributed by atoms with van der Waals surface area (Å²) in [6.07, 6.45) is 1.17. The molecule has 108 valence electrons. The van der Waals surface area contributed by atoms with E-state index < -0.39 is 0 Å². The quantitative estimate of drug-likeness (QED) is 0.761. The van der Waals surface area contributed by atoms with Crippen molar-refractivity contribution in [3.05, 3.63) is 51.2 Å². The largest absolute Gasteiger partial charge is 0.488 e. The van der Waals surface area contributed by atoms with Crippen LogP contribution in [0, 0.1) is 13.8 Å². The van der Waals surface area contributed by atoms with E-state index in [0.29, 0.717) is 6.61 Å². The molecule has 20 heavy (non-hydrogen) atoms. The number of thiophene rings is 1. The molecule has 2 nitrogen and oxygen atoms in total. The smallest absolute Gasteiger partial charge is 0.122 e. The SMILES string of the molecule is CCCNCc1ccc(COc2cc(C)cc(C)c2)s1. The molecular formula is C17H23NOS. The van der Waals surface area contributed by atoms with Crippen LogP contribution in [0.2, 0.25) is 0 Å². The first kappa shape index (κ1) is 15.1. The van der Waals surface area contributed by atoms with Gasteiger partial charge in [0, 0.05) is 16.3 Å². The van der Waals surface area contributed by atoms with E-state index in [0.717, 1.165) is 18.8 Å². The Labute approximate surface area is 125 Å². The van der Waals surface area contributed by atoms with E-state index in [1.807, 2.05) is 11.3 Å². The normalized spacial score (nSPS) is 10.8. The first-order valence-corrected chi connectivity index (χ1v) is 7.98. The fraction of sp³-hybridized carbons (Fsp3) is 0.412. The Morgan fingerprint density at radius 1 is 1.05 bits per heavy atom. The molecule has 2 aromatic rings. The molecule has 1 aromatic heterocycles. The van der Waals surface area contributed by atoms with Gasteiger partial charge in [0.15, 0.2) is 0 Å². The van der Waals surface area contributed by atoms with Gasteiger partial charge in [-0.1, -0.05) is 13.0 Å².